The standard InChI is InChI=1S/C16H25N3O2/c1-19(2)14(12-6-4-7-13(10-12)21-3)11-18-15(20)16(17)8-5-9-16/h4,6-7,10,14H,5,8-9,11,17H2,1-3H3,(H,18,20). The average molecular weight is 291 g/mol. The molecule has 1 aromatic rings. The van der Waals surface area contributed by atoms with E-state index in [2.05, 4.69) is 10.2 Å². The Morgan fingerprint density at radius 2 is 2.19 bits per heavy atom. The van der Waals surface area contributed by atoms with Crippen molar-refractivity contribution in [3.8, 4) is 5.75 Å². The van der Waals surface area contributed by atoms with E-state index in [0.717, 1.165) is 30.6 Å². The average Bonchev–Trinajstić information content (AvgIpc) is 2.44. The molecule has 116 valence electrons. The molecular formula is C16H25N3O2. The van der Waals surface area contributed by atoms with Crippen LogP contribution in [0, 0.1) is 0 Å². The monoisotopic (exact) mass is 291 g/mol. The summed E-state index contributed by atoms with van der Waals surface area (Å²) in [6.07, 6.45) is 2.60. The predicted molar refractivity (Wildman–Crippen MR) is 83.2 cm³/mol. The van der Waals surface area contributed by atoms with Crippen LogP contribution in [-0.2, 0) is 4.79 Å². The van der Waals surface area contributed by atoms with E-state index in [4.69, 9.17) is 10.5 Å². The van der Waals surface area contributed by atoms with Gasteiger partial charge in [-0.15, -0.1) is 0 Å². The molecule has 21 heavy (non-hydrogen) atoms. The molecule has 3 N–H and O–H groups in total. The van der Waals surface area contributed by atoms with Gasteiger partial charge in [-0.1, -0.05) is 12.1 Å². The van der Waals surface area contributed by atoms with Crippen molar-refractivity contribution in [2.24, 2.45) is 5.73 Å². The molecule has 0 bridgehead atoms. The minimum Gasteiger partial charge on any atom is -0.497 e. The number of carbonyl (C=O) groups is 1. The Hall–Kier alpha value is -1.59. The Morgan fingerprint density at radius 1 is 1.48 bits per heavy atom. The van der Waals surface area contributed by atoms with Gasteiger partial charge in [-0.25, -0.2) is 0 Å². The molecule has 1 aliphatic rings. The Kier molecular flexibility index (Phi) is 4.85. The first-order valence-electron chi connectivity index (χ1n) is 7.34. The highest BCUT2D eigenvalue weighted by Gasteiger charge is 2.40. The zero-order valence-electron chi connectivity index (χ0n) is 13.1. The molecule has 0 heterocycles. The maximum absolute atomic E-state index is 12.1. The lowest BCUT2D eigenvalue weighted by molar-refractivity contribution is -0.129. The lowest BCUT2D eigenvalue weighted by Crippen LogP contribution is -2.59. The Morgan fingerprint density at radius 3 is 2.71 bits per heavy atom. The predicted octanol–water partition coefficient (Wildman–Crippen LogP) is 1.30. The Balaban J connectivity index is 2.03. The molecule has 1 amide bonds. The third-order valence-electron chi connectivity index (χ3n) is 4.26. The van der Waals surface area contributed by atoms with Gasteiger partial charge in [-0.05, 0) is 51.1 Å². The van der Waals surface area contributed by atoms with Crippen LogP contribution in [0.5, 0.6) is 5.75 Å². The number of hydrogen-bond acceptors (Lipinski definition) is 4. The molecule has 0 aliphatic heterocycles. The number of nitrogens with zero attached hydrogens (tertiary/aromatic N) is 1. The molecule has 0 spiro atoms. The minimum absolute atomic E-state index is 0.0384. The second-order valence-corrected chi connectivity index (χ2v) is 5.98. The van der Waals surface area contributed by atoms with E-state index in [1.807, 2.05) is 38.4 Å². The van der Waals surface area contributed by atoms with Crippen molar-refractivity contribution < 1.29 is 9.53 Å². The highest BCUT2D eigenvalue weighted by Crippen LogP contribution is 2.29. The second kappa shape index (κ2) is 6.45. The summed E-state index contributed by atoms with van der Waals surface area (Å²) >= 11 is 0. The van der Waals surface area contributed by atoms with E-state index in [1.165, 1.54) is 0 Å². The molecule has 1 atom stereocenters. The summed E-state index contributed by atoms with van der Waals surface area (Å²) in [5, 5.41) is 3.00. The van der Waals surface area contributed by atoms with E-state index in [1.54, 1.807) is 7.11 Å². The topological polar surface area (TPSA) is 67.6 Å². The van der Waals surface area contributed by atoms with Gasteiger partial charge >= 0.3 is 0 Å². The van der Waals surface area contributed by atoms with Gasteiger partial charge in [-0.2, -0.15) is 0 Å². The lowest BCUT2D eigenvalue weighted by Gasteiger charge is -2.37. The van der Waals surface area contributed by atoms with Crippen molar-refractivity contribution in [3.63, 3.8) is 0 Å². The van der Waals surface area contributed by atoms with Crippen molar-refractivity contribution in [2.45, 2.75) is 30.8 Å². The number of likely N-dealkylation sites (N-methyl/N-ethyl adjacent to an activating group) is 1. The van der Waals surface area contributed by atoms with Crippen molar-refractivity contribution in [2.75, 3.05) is 27.7 Å². The zero-order valence-corrected chi connectivity index (χ0v) is 13.1. The molecule has 1 saturated carbocycles. The van der Waals surface area contributed by atoms with Crippen molar-refractivity contribution in [1.82, 2.24) is 10.2 Å². The van der Waals surface area contributed by atoms with Gasteiger partial charge in [0.2, 0.25) is 5.91 Å². The number of ether oxygens (including phenoxy) is 1. The minimum atomic E-state index is -0.648. The number of hydrogen-bond donors (Lipinski definition) is 2. The zero-order chi connectivity index (χ0) is 15.5. The van der Waals surface area contributed by atoms with Gasteiger partial charge in [-0.3, -0.25) is 4.79 Å². The third kappa shape index (κ3) is 3.54. The molecule has 1 fully saturated rings. The van der Waals surface area contributed by atoms with E-state index < -0.39 is 5.54 Å². The van der Waals surface area contributed by atoms with E-state index in [-0.39, 0.29) is 11.9 Å². The number of nitrogens with one attached hydrogen (secondary N) is 1. The van der Waals surface area contributed by atoms with Crippen LogP contribution >= 0.6 is 0 Å². The summed E-state index contributed by atoms with van der Waals surface area (Å²) in [6.45, 7) is 0.540. The summed E-state index contributed by atoms with van der Waals surface area (Å²) in [6, 6.07) is 8.01. The van der Waals surface area contributed by atoms with Crippen LogP contribution in [0.3, 0.4) is 0 Å². The van der Waals surface area contributed by atoms with Gasteiger partial charge < -0.3 is 20.7 Å². The smallest absolute Gasteiger partial charge is 0.240 e. The van der Waals surface area contributed by atoms with Crippen LogP contribution in [-0.4, -0.2) is 44.1 Å². The summed E-state index contributed by atoms with van der Waals surface area (Å²) in [7, 11) is 5.65. The van der Waals surface area contributed by atoms with E-state index >= 15 is 0 Å². The molecule has 2 rings (SSSR count). The Bertz CT molecular complexity index is 498. The number of rotatable bonds is 6. The van der Waals surface area contributed by atoms with Gasteiger partial charge in [0.15, 0.2) is 0 Å². The molecule has 5 heteroatoms. The fourth-order valence-electron chi connectivity index (χ4n) is 2.60. The Labute approximate surface area is 126 Å². The SMILES string of the molecule is COc1cccc(C(CNC(=O)C2(N)CCC2)N(C)C)c1. The van der Waals surface area contributed by atoms with Crippen molar-refractivity contribution in [3.05, 3.63) is 29.8 Å². The highest BCUT2D eigenvalue weighted by molar-refractivity contribution is 5.87. The maximum atomic E-state index is 12.1. The fraction of sp³-hybridized carbons (Fsp3) is 0.562. The van der Waals surface area contributed by atoms with Gasteiger partial charge in [0.05, 0.1) is 18.7 Å². The van der Waals surface area contributed by atoms with Gasteiger partial charge in [0.25, 0.3) is 0 Å². The van der Waals surface area contributed by atoms with Crippen LogP contribution in [0.25, 0.3) is 0 Å². The fourth-order valence-corrected chi connectivity index (χ4v) is 2.60. The molecule has 1 aromatic carbocycles. The summed E-state index contributed by atoms with van der Waals surface area (Å²) < 4.78 is 5.27. The number of carbonyl (C=O) groups excluding carboxylic acids is 1. The molecular weight excluding hydrogens is 266 g/mol. The van der Waals surface area contributed by atoms with Crippen LogP contribution in [0.15, 0.2) is 24.3 Å². The van der Waals surface area contributed by atoms with Gasteiger partial charge in [0.1, 0.15) is 5.75 Å². The summed E-state index contributed by atoms with van der Waals surface area (Å²) in [5.74, 6) is 0.781. The van der Waals surface area contributed by atoms with E-state index in [9.17, 15) is 4.79 Å². The second-order valence-electron chi connectivity index (χ2n) is 5.98. The molecule has 5 nitrogen and oxygen atoms in total. The van der Waals surface area contributed by atoms with Gasteiger partial charge in [0, 0.05) is 6.54 Å². The lowest BCUT2D eigenvalue weighted by atomic mass is 9.77. The third-order valence-corrected chi connectivity index (χ3v) is 4.26. The van der Waals surface area contributed by atoms with E-state index in [0.29, 0.717) is 6.54 Å². The molecule has 0 saturated heterocycles. The summed E-state index contributed by atoms with van der Waals surface area (Å²) in [4.78, 5) is 14.2. The molecule has 0 aromatic heterocycles. The van der Waals surface area contributed by atoms with Crippen LogP contribution in [0.4, 0.5) is 0 Å². The normalized spacial score (nSPS) is 18.0. The first-order valence-corrected chi connectivity index (χ1v) is 7.34. The molecule has 1 unspecified atom stereocenters. The van der Waals surface area contributed by atoms with Crippen LogP contribution < -0.4 is 15.8 Å². The van der Waals surface area contributed by atoms with Crippen LogP contribution in [0.1, 0.15) is 30.9 Å². The highest BCUT2D eigenvalue weighted by atomic mass is 16.5. The number of nitrogens with two attached hydrogens (primary N) is 1. The van der Waals surface area contributed by atoms with Crippen molar-refractivity contribution >= 4 is 5.91 Å². The van der Waals surface area contributed by atoms with Crippen molar-refractivity contribution in [1.29, 1.82) is 0 Å². The first-order chi connectivity index (χ1) is 9.96. The largest absolute Gasteiger partial charge is 0.497 e. The van der Waals surface area contributed by atoms with Crippen LogP contribution in [0.2, 0.25) is 0 Å². The maximum Gasteiger partial charge on any atom is 0.240 e. The first kappa shape index (κ1) is 15.8. The quantitative estimate of drug-likeness (QED) is 0.829. The number of methoxy groups -OCH3 is 1. The number of amides is 1. The molecule has 1 aliphatic carbocycles. The summed E-state index contributed by atoms with van der Waals surface area (Å²) in [5.41, 5.74) is 6.51. The molecule has 0 radical (unpaired) electrons. The number of benzene rings is 1.